The van der Waals surface area contributed by atoms with E-state index in [1.165, 1.54) is 0 Å². The smallest absolute Gasteiger partial charge is 0.246 e. The van der Waals surface area contributed by atoms with E-state index in [1.54, 1.807) is 22.0 Å². The van der Waals surface area contributed by atoms with E-state index in [9.17, 15) is 8.42 Å². The van der Waals surface area contributed by atoms with Gasteiger partial charge in [0.05, 0.1) is 23.7 Å². The Balaban J connectivity index is 1.68. The van der Waals surface area contributed by atoms with Gasteiger partial charge in [-0.25, -0.2) is 8.42 Å². The molecule has 0 saturated carbocycles. The summed E-state index contributed by atoms with van der Waals surface area (Å²) >= 11 is 0. The minimum Gasteiger partial charge on any atom is -0.476 e. The van der Waals surface area contributed by atoms with Gasteiger partial charge in [-0.15, -0.1) is 5.10 Å². The van der Waals surface area contributed by atoms with Crippen LogP contribution in [0.15, 0.2) is 17.0 Å². The van der Waals surface area contributed by atoms with Crippen molar-refractivity contribution in [3.05, 3.63) is 29.2 Å². The Morgan fingerprint density at radius 1 is 1.23 bits per heavy atom. The Hall–Kier alpha value is -2.00. The molecule has 9 heteroatoms. The molecule has 26 heavy (non-hydrogen) atoms. The molecule has 0 aliphatic carbocycles. The van der Waals surface area contributed by atoms with Crippen LogP contribution in [0, 0.1) is 26.7 Å². The lowest BCUT2D eigenvalue weighted by Crippen LogP contribution is -2.30. The zero-order valence-corrected chi connectivity index (χ0v) is 16.5. The predicted octanol–water partition coefficient (Wildman–Crippen LogP) is 1.71. The van der Waals surface area contributed by atoms with Crippen molar-refractivity contribution in [2.45, 2.75) is 45.6 Å². The minimum atomic E-state index is -3.54. The standard InChI is InChI=1S/C17H25N5O3S/c1-5-22-14(4)17(13(3)20-22)26(23,24)21-9-8-15(10-21)11-25-16-7-6-12(2)18-19-16/h6-7,15H,5,8-11H2,1-4H3. The third-order valence-electron chi connectivity index (χ3n) is 4.70. The third kappa shape index (κ3) is 3.59. The molecule has 0 spiro atoms. The van der Waals surface area contributed by atoms with E-state index in [-0.39, 0.29) is 5.92 Å². The molecule has 3 heterocycles. The normalized spacial score (nSPS) is 18.4. The first kappa shape index (κ1) is 18.8. The molecule has 1 unspecified atom stereocenters. The molecule has 0 aromatic carbocycles. The summed E-state index contributed by atoms with van der Waals surface area (Å²) in [5.41, 5.74) is 2.08. The molecule has 1 atom stereocenters. The predicted molar refractivity (Wildman–Crippen MR) is 96.5 cm³/mol. The molecule has 0 amide bonds. The van der Waals surface area contributed by atoms with Crippen LogP contribution in [0.1, 0.15) is 30.4 Å². The lowest BCUT2D eigenvalue weighted by atomic mass is 10.1. The molecule has 2 aromatic rings. The first-order valence-electron chi connectivity index (χ1n) is 8.80. The number of rotatable bonds is 6. The van der Waals surface area contributed by atoms with Gasteiger partial charge in [-0.2, -0.15) is 14.5 Å². The fraction of sp³-hybridized carbons (Fsp3) is 0.588. The molecule has 0 bridgehead atoms. The lowest BCUT2D eigenvalue weighted by Gasteiger charge is -2.17. The summed E-state index contributed by atoms with van der Waals surface area (Å²) in [7, 11) is -3.54. The van der Waals surface area contributed by atoms with Crippen LogP contribution in [0.25, 0.3) is 0 Å². The fourth-order valence-electron chi connectivity index (χ4n) is 3.31. The van der Waals surface area contributed by atoms with Crippen molar-refractivity contribution < 1.29 is 13.2 Å². The van der Waals surface area contributed by atoms with Crippen molar-refractivity contribution in [1.82, 2.24) is 24.3 Å². The van der Waals surface area contributed by atoms with E-state index in [2.05, 4.69) is 15.3 Å². The highest BCUT2D eigenvalue weighted by Gasteiger charge is 2.36. The van der Waals surface area contributed by atoms with Crippen molar-refractivity contribution in [2.75, 3.05) is 19.7 Å². The second-order valence-corrected chi connectivity index (χ2v) is 8.53. The van der Waals surface area contributed by atoms with Crippen LogP contribution in [0.5, 0.6) is 5.88 Å². The van der Waals surface area contributed by atoms with Crippen LogP contribution in [0.4, 0.5) is 0 Å². The average Bonchev–Trinajstić information content (AvgIpc) is 3.19. The van der Waals surface area contributed by atoms with E-state index in [1.807, 2.05) is 26.8 Å². The monoisotopic (exact) mass is 379 g/mol. The molecule has 2 aromatic heterocycles. The Morgan fingerprint density at radius 2 is 2.00 bits per heavy atom. The van der Waals surface area contributed by atoms with Gasteiger partial charge in [0.15, 0.2) is 0 Å². The van der Waals surface area contributed by atoms with E-state index in [0.717, 1.165) is 12.1 Å². The first-order valence-corrected chi connectivity index (χ1v) is 10.2. The Bertz CT molecular complexity index is 877. The molecular weight excluding hydrogens is 354 g/mol. The molecule has 142 valence electrons. The zero-order chi connectivity index (χ0) is 18.9. The topological polar surface area (TPSA) is 90.2 Å². The average molecular weight is 379 g/mol. The molecule has 1 aliphatic rings. The van der Waals surface area contributed by atoms with E-state index in [0.29, 0.717) is 48.4 Å². The fourth-order valence-corrected chi connectivity index (χ4v) is 5.21. The van der Waals surface area contributed by atoms with Crippen LogP contribution < -0.4 is 4.74 Å². The molecule has 3 rings (SSSR count). The highest BCUT2D eigenvalue weighted by atomic mass is 32.2. The van der Waals surface area contributed by atoms with Gasteiger partial charge in [0.1, 0.15) is 4.90 Å². The SMILES string of the molecule is CCn1nc(C)c(S(=O)(=O)N2CCC(COc3ccc(C)nn3)C2)c1C. The molecule has 0 N–H and O–H groups in total. The van der Waals surface area contributed by atoms with E-state index in [4.69, 9.17) is 4.74 Å². The second-order valence-electron chi connectivity index (χ2n) is 6.66. The number of hydrogen-bond donors (Lipinski definition) is 0. The van der Waals surface area contributed by atoms with Gasteiger partial charge >= 0.3 is 0 Å². The zero-order valence-electron chi connectivity index (χ0n) is 15.6. The summed E-state index contributed by atoms with van der Waals surface area (Å²) in [4.78, 5) is 0.338. The summed E-state index contributed by atoms with van der Waals surface area (Å²) in [6.07, 6.45) is 0.762. The largest absolute Gasteiger partial charge is 0.476 e. The molecular formula is C17H25N5O3S. The van der Waals surface area contributed by atoms with Gasteiger partial charge in [-0.05, 0) is 40.2 Å². The van der Waals surface area contributed by atoms with Gasteiger partial charge in [0.25, 0.3) is 0 Å². The van der Waals surface area contributed by atoms with Gasteiger partial charge < -0.3 is 4.74 Å². The van der Waals surface area contributed by atoms with E-state index >= 15 is 0 Å². The van der Waals surface area contributed by atoms with Gasteiger partial charge in [-0.1, -0.05) is 0 Å². The number of aromatic nitrogens is 4. The molecule has 1 fully saturated rings. The van der Waals surface area contributed by atoms with Crippen LogP contribution in [0.2, 0.25) is 0 Å². The number of ether oxygens (including phenoxy) is 1. The maximum Gasteiger partial charge on any atom is 0.246 e. The van der Waals surface area contributed by atoms with Crippen LogP contribution in [-0.2, 0) is 16.6 Å². The maximum atomic E-state index is 13.1. The van der Waals surface area contributed by atoms with Gasteiger partial charge in [0, 0.05) is 31.6 Å². The molecule has 0 radical (unpaired) electrons. The number of nitrogens with zero attached hydrogens (tertiary/aromatic N) is 5. The van der Waals surface area contributed by atoms with Crippen molar-refractivity contribution >= 4 is 10.0 Å². The quantitative estimate of drug-likeness (QED) is 0.759. The summed E-state index contributed by atoms with van der Waals surface area (Å²) in [6, 6.07) is 3.61. The summed E-state index contributed by atoms with van der Waals surface area (Å²) in [5.74, 6) is 0.600. The van der Waals surface area contributed by atoms with Crippen molar-refractivity contribution in [3.63, 3.8) is 0 Å². The van der Waals surface area contributed by atoms with Crippen LogP contribution in [0.3, 0.4) is 0 Å². The Kier molecular flexibility index (Phi) is 5.29. The summed E-state index contributed by atoms with van der Waals surface area (Å²) < 4.78 is 35.1. The van der Waals surface area contributed by atoms with Crippen molar-refractivity contribution in [2.24, 2.45) is 5.92 Å². The second kappa shape index (κ2) is 7.32. The minimum absolute atomic E-state index is 0.134. The first-order chi connectivity index (χ1) is 12.3. The Labute approximate surface area is 154 Å². The highest BCUT2D eigenvalue weighted by molar-refractivity contribution is 7.89. The van der Waals surface area contributed by atoms with Gasteiger partial charge in [-0.3, -0.25) is 4.68 Å². The number of sulfonamides is 1. The van der Waals surface area contributed by atoms with Crippen molar-refractivity contribution in [1.29, 1.82) is 0 Å². The Morgan fingerprint density at radius 3 is 2.62 bits per heavy atom. The van der Waals surface area contributed by atoms with Crippen molar-refractivity contribution in [3.8, 4) is 5.88 Å². The van der Waals surface area contributed by atoms with Crippen LogP contribution >= 0.6 is 0 Å². The lowest BCUT2D eigenvalue weighted by molar-refractivity contribution is 0.244. The van der Waals surface area contributed by atoms with Gasteiger partial charge in [0.2, 0.25) is 15.9 Å². The highest BCUT2D eigenvalue weighted by Crippen LogP contribution is 2.28. The van der Waals surface area contributed by atoms with Crippen LogP contribution in [-0.4, -0.2) is 52.4 Å². The van der Waals surface area contributed by atoms with E-state index < -0.39 is 10.0 Å². The maximum absolute atomic E-state index is 13.1. The molecule has 8 nitrogen and oxygen atoms in total. The third-order valence-corrected chi connectivity index (χ3v) is 6.82. The number of hydrogen-bond acceptors (Lipinski definition) is 6. The molecule has 1 saturated heterocycles. The molecule has 1 aliphatic heterocycles. The summed E-state index contributed by atoms with van der Waals surface area (Å²) in [6.45, 7) is 9.38. The number of aryl methyl sites for hydroxylation is 3. The summed E-state index contributed by atoms with van der Waals surface area (Å²) in [5, 5.41) is 12.3.